The number of carbonyl (C=O) groups is 2. The molecule has 1 aromatic rings. The second-order valence-corrected chi connectivity index (χ2v) is 8.41. The minimum absolute atomic E-state index is 0.153. The Hall–Kier alpha value is -1.98. The van der Waals surface area contributed by atoms with E-state index >= 15 is 0 Å². The first kappa shape index (κ1) is 17.4. The zero-order valence-corrected chi connectivity index (χ0v) is 14.6. The lowest BCUT2D eigenvalue weighted by molar-refractivity contribution is -0.156. The van der Waals surface area contributed by atoms with Gasteiger partial charge in [0, 0.05) is 23.9 Å². The summed E-state index contributed by atoms with van der Waals surface area (Å²) in [6.07, 6.45) is 3.52. The van der Waals surface area contributed by atoms with Crippen LogP contribution in [0, 0.1) is 5.41 Å². The summed E-state index contributed by atoms with van der Waals surface area (Å²) in [5, 5.41) is 12.6. The topological polar surface area (TPSA) is 66.4 Å². The second-order valence-electron chi connectivity index (χ2n) is 8.41. The smallest absolute Gasteiger partial charge is 0.309 e. The van der Waals surface area contributed by atoms with Gasteiger partial charge in [0.15, 0.2) is 0 Å². The zero-order valence-electron chi connectivity index (χ0n) is 14.6. The molecule has 1 amide bonds. The van der Waals surface area contributed by atoms with Crippen LogP contribution in [0.2, 0.25) is 0 Å². The monoisotopic (exact) mass is 363 g/mol. The number of carboxylic acids is 1. The molecule has 0 radical (unpaired) electrons. The lowest BCUT2D eigenvalue weighted by Crippen LogP contribution is -2.58. The van der Waals surface area contributed by atoms with Gasteiger partial charge in [-0.15, -0.1) is 0 Å². The van der Waals surface area contributed by atoms with Crippen molar-refractivity contribution < 1.29 is 23.5 Å². The molecule has 0 unspecified atom stereocenters. The molecule has 0 spiro atoms. The Morgan fingerprint density at radius 3 is 2.19 bits per heavy atom. The molecule has 0 saturated heterocycles. The Bertz CT molecular complexity index is 729. The molecule has 4 aliphatic rings. The van der Waals surface area contributed by atoms with Gasteiger partial charge in [-0.1, -0.05) is 12.1 Å². The summed E-state index contributed by atoms with van der Waals surface area (Å²) in [7, 11) is 0. The summed E-state index contributed by atoms with van der Waals surface area (Å²) in [5.74, 6) is -3.68. The summed E-state index contributed by atoms with van der Waals surface area (Å²) < 4.78 is 26.2. The third kappa shape index (κ3) is 2.89. The summed E-state index contributed by atoms with van der Waals surface area (Å²) >= 11 is 0. The predicted octanol–water partition coefficient (Wildman–Crippen LogP) is 4.11. The van der Waals surface area contributed by atoms with Crippen LogP contribution in [0.5, 0.6) is 0 Å². The Morgan fingerprint density at radius 1 is 1.04 bits per heavy atom. The van der Waals surface area contributed by atoms with E-state index in [0.717, 1.165) is 5.56 Å². The van der Waals surface area contributed by atoms with Gasteiger partial charge < -0.3 is 10.4 Å². The van der Waals surface area contributed by atoms with Crippen molar-refractivity contribution >= 4 is 11.9 Å². The van der Waals surface area contributed by atoms with Gasteiger partial charge in [0.05, 0.1) is 5.41 Å². The Balaban J connectivity index is 1.44. The van der Waals surface area contributed by atoms with E-state index in [1.807, 2.05) is 0 Å². The van der Waals surface area contributed by atoms with E-state index in [2.05, 4.69) is 5.32 Å². The molecule has 4 aliphatic carbocycles. The van der Waals surface area contributed by atoms with Gasteiger partial charge in [-0.25, -0.2) is 8.78 Å². The van der Waals surface area contributed by atoms with Crippen molar-refractivity contribution in [3.05, 3.63) is 35.4 Å². The number of aliphatic carboxylic acids is 1. The number of halogens is 2. The Kier molecular flexibility index (Phi) is 3.86. The average molecular weight is 363 g/mol. The van der Waals surface area contributed by atoms with Gasteiger partial charge in [0.1, 0.15) is 0 Å². The minimum Gasteiger partial charge on any atom is -0.481 e. The lowest BCUT2D eigenvalue weighted by atomic mass is 9.57. The van der Waals surface area contributed by atoms with E-state index < -0.39 is 17.3 Å². The van der Waals surface area contributed by atoms with E-state index in [0.29, 0.717) is 44.1 Å². The fraction of sp³-hybridized carbons (Fsp3) is 0.600. The lowest BCUT2D eigenvalue weighted by Gasteiger charge is -2.51. The van der Waals surface area contributed by atoms with E-state index in [4.69, 9.17) is 0 Å². The van der Waals surface area contributed by atoms with Crippen molar-refractivity contribution in [2.24, 2.45) is 5.41 Å². The standard InChI is InChI=1S/C20H23F2NO3/c21-20(22)11-15(12-20)13-2-1-3-14(10-13)16(24)23-19-7-4-18(5-8-19,6-9-19)17(25)26/h1-3,10,15H,4-9,11-12H2,(H,23,24)(H,25,26). The van der Waals surface area contributed by atoms with E-state index in [1.165, 1.54) is 0 Å². The number of carbonyl (C=O) groups excluding carboxylic acids is 1. The SMILES string of the molecule is O=C(NC12CCC(C(=O)O)(CC1)CC2)c1cccc(C2CC(F)(F)C2)c1. The van der Waals surface area contributed by atoms with Gasteiger partial charge in [-0.05, 0) is 62.1 Å². The molecule has 4 saturated carbocycles. The molecule has 26 heavy (non-hydrogen) atoms. The molecule has 4 nitrogen and oxygen atoms in total. The van der Waals surface area contributed by atoms with Crippen molar-refractivity contribution in [3.63, 3.8) is 0 Å². The molecule has 0 atom stereocenters. The molecular weight excluding hydrogens is 340 g/mol. The fourth-order valence-electron chi connectivity index (χ4n) is 4.84. The van der Waals surface area contributed by atoms with Gasteiger partial charge in [0.2, 0.25) is 5.92 Å². The minimum atomic E-state index is -2.58. The fourth-order valence-corrected chi connectivity index (χ4v) is 4.84. The summed E-state index contributed by atoms with van der Waals surface area (Å²) in [6, 6.07) is 6.98. The number of rotatable bonds is 4. The van der Waals surface area contributed by atoms with Crippen molar-refractivity contribution in [2.75, 3.05) is 0 Å². The van der Waals surface area contributed by atoms with Crippen molar-refractivity contribution in [3.8, 4) is 0 Å². The molecule has 2 bridgehead atoms. The molecule has 4 fully saturated rings. The molecule has 1 aromatic carbocycles. The first-order valence-electron chi connectivity index (χ1n) is 9.26. The highest BCUT2D eigenvalue weighted by Gasteiger charge is 2.53. The summed E-state index contributed by atoms with van der Waals surface area (Å²) in [5.41, 5.74) is 0.348. The molecule has 0 aromatic heterocycles. The highest BCUT2D eigenvalue weighted by atomic mass is 19.3. The number of benzene rings is 1. The maximum absolute atomic E-state index is 13.1. The third-order valence-corrected chi connectivity index (χ3v) is 6.79. The van der Waals surface area contributed by atoms with Crippen molar-refractivity contribution in [2.45, 2.75) is 68.7 Å². The van der Waals surface area contributed by atoms with E-state index in [9.17, 15) is 23.5 Å². The molecule has 5 rings (SSSR count). The molecule has 2 N–H and O–H groups in total. The van der Waals surface area contributed by atoms with Crippen LogP contribution in [0.1, 0.15) is 73.2 Å². The zero-order chi connectivity index (χ0) is 18.6. The third-order valence-electron chi connectivity index (χ3n) is 6.79. The van der Waals surface area contributed by atoms with Crippen LogP contribution in [0.4, 0.5) is 8.78 Å². The Labute approximate surface area is 151 Å². The summed E-state index contributed by atoms with van der Waals surface area (Å²) in [4.78, 5) is 24.3. The summed E-state index contributed by atoms with van der Waals surface area (Å²) in [6.45, 7) is 0. The maximum Gasteiger partial charge on any atom is 0.309 e. The van der Waals surface area contributed by atoms with Crippen molar-refractivity contribution in [1.29, 1.82) is 0 Å². The number of alkyl halides is 2. The quantitative estimate of drug-likeness (QED) is 0.846. The number of nitrogens with one attached hydrogen (secondary N) is 1. The highest BCUT2D eigenvalue weighted by molar-refractivity contribution is 5.95. The maximum atomic E-state index is 13.1. The molecule has 140 valence electrons. The molecular formula is C20H23F2NO3. The molecule has 6 heteroatoms. The van der Waals surface area contributed by atoms with Gasteiger partial charge in [0.25, 0.3) is 5.91 Å². The van der Waals surface area contributed by atoms with E-state index in [1.54, 1.807) is 24.3 Å². The van der Waals surface area contributed by atoms with Crippen LogP contribution in [-0.2, 0) is 4.79 Å². The molecule has 0 heterocycles. The van der Waals surface area contributed by atoms with Crippen LogP contribution < -0.4 is 5.32 Å². The van der Waals surface area contributed by atoms with Crippen LogP contribution in [0.3, 0.4) is 0 Å². The normalized spacial score (nSPS) is 32.7. The number of hydrogen-bond acceptors (Lipinski definition) is 2. The first-order valence-corrected chi connectivity index (χ1v) is 9.26. The van der Waals surface area contributed by atoms with Crippen LogP contribution in [-0.4, -0.2) is 28.4 Å². The number of hydrogen-bond donors (Lipinski definition) is 2. The van der Waals surface area contributed by atoms with Gasteiger partial charge in [-0.2, -0.15) is 0 Å². The largest absolute Gasteiger partial charge is 0.481 e. The number of amides is 1. The highest BCUT2D eigenvalue weighted by Crippen LogP contribution is 2.52. The second kappa shape index (κ2) is 5.76. The number of fused-ring (bicyclic) bond motifs is 3. The first-order chi connectivity index (χ1) is 12.2. The number of carboxylic acid groups (broad SMARTS) is 1. The van der Waals surface area contributed by atoms with Crippen molar-refractivity contribution in [1.82, 2.24) is 5.32 Å². The van der Waals surface area contributed by atoms with Gasteiger partial charge >= 0.3 is 5.97 Å². The van der Waals surface area contributed by atoms with E-state index in [-0.39, 0.29) is 30.2 Å². The molecule has 0 aliphatic heterocycles. The van der Waals surface area contributed by atoms with Crippen LogP contribution >= 0.6 is 0 Å². The average Bonchev–Trinajstić information content (AvgIpc) is 2.61. The van der Waals surface area contributed by atoms with Crippen LogP contribution in [0.15, 0.2) is 24.3 Å². The predicted molar refractivity (Wildman–Crippen MR) is 91.3 cm³/mol. The van der Waals surface area contributed by atoms with Crippen LogP contribution in [0.25, 0.3) is 0 Å². The Morgan fingerprint density at radius 2 is 1.65 bits per heavy atom. The van der Waals surface area contributed by atoms with Gasteiger partial charge in [-0.3, -0.25) is 9.59 Å².